The van der Waals surface area contributed by atoms with Crippen molar-refractivity contribution < 1.29 is 14.3 Å². The molecule has 0 spiro atoms. The lowest BCUT2D eigenvalue weighted by molar-refractivity contribution is -0.163. The predicted octanol–water partition coefficient (Wildman–Crippen LogP) is 3.64. The van der Waals surface area contributed by atoms with Crippen molar-refractivity contribution in [3.8, 4) is 0 Å². The van der Waals surface area contributed by atoms with E-state index in [0.717, 1.165) is 12.8 Å². The van der Waals surface area contributed by atoms with Gasteiger partial charge in [-0.05, 0) is 30.6 Å². The third kappa shape index (κ3) is 4.02. The summed E-state index contributed by atoms with van der Waals surface area (Å²) in [7, 11) is 0. The maximum Gasteiger partial charge on any atom is 0.346 e. The van der Waals surface area contributed by atoms with Crippen LogP contribution in [0.25, 0.3) is 0 Å². The zero-order chi connectivity index (χ0) is 14.0. The van der Waals surface area contributed by atoms with Crippen LogP contribution in [0, 0.1) is 17.8 Å². The third-order valence-electron chi connectivity index (χ3n) is 4.07. The molecule has 1 aliphatic carbocycles. The Morgan fingerprint density at radius 2 is 2.16 bits per heavy atom. The summed E-state index contributed by atoms with van der Waals surface area (Å²) >= 11 is 7.27. The standard InChI is InChI=1S/C14H23ClO3S/c1-8(2)10-5-4-9(3)6-11(10)17-13(16)14-18-12(15)7-19-14/h8-12,14H,4-7H2,1-3H3/t9-,10+,11-,12+,14+/m1/s1. The van der Waals surface area contributed by atoms with Crippen LogP contribution in [-0.2, 0) is 14.3 Å². The van der Waals surface area contributed by atoms with Crippen LogP contribution in [0.1, 0.15) is 40.0 Å². The monoisotopic (exact) mass is 306 g/mol. The molecule has 1 aliphatic heterocycles. The summed E-state index contributed by atoms with van der Waals surface area (Å²) < 4.78 is 11.1. The Balaban J connectivity index is 1.92. The number of hydrogen-bond acceptors (Lipinski definition) is 4. The molecule has 0 aromatic heterocycles. The summed E-state index contributed by atoms with van der Waals surface area (Å²) in [6, 6.07) is 0. The van der Waals surface area contributed by atoms with Crippen molar-refractivity contribution in [2.24, 2.45) is 17.8 Å². The lowest BCUT2D eigenvalue weighted by Crippen LogP contribution is -2.38. The molecule has 0 radical (unpaired) electrons. The first-order chi connectivity index (χ1) is 8.97. The van der Waals surface area contributed by atoms with E-state index in [1.807, 2.05) is 0 Å². The van der Waals surface area contributed by atoms with Crippen LogP contribution in [0.4, 0.5) is 0 Å². The average molecular weight is 307 g/mol. The molecule has 110 valence electrons. The van der Waals surface area contributed by atoms with Crippen LogP contribution in [0.3, 0.4) is 0 Å². The van der Waals surface area contributed by atoms with Gasteiger partial charge in [0.2, 0.25) is 5.44 Å². The highest BCUT2D eigenvalue weighted by atomic mass is 35.5. The molecule has 0 N–H and O–H groups in total. The molecule has 0 aromatic carbocycles. The summed E-state index contributed by atoms with van der Waals surface area (Å²) in [5, 5.41) is 0. The van der Waals surface area contributed by atoms with Gasteiger partial charge >= 0.3 is 5.97 Å². The Morgan fingerprint density at radius 3 is 2.74 bits per heavy atom. The van der Waals surface area contributed by atoms with E-state index < -0.39 is 5.44 Å². The highest BCUT2D eigenvalue weighted by Crippen LogP contribution is 2.36. The highest BCUT2D eigenvalue weighted by molar-refractivity contribution is 8.00. The van der Waals surface area contributed by atoms with Crippen molar-refractivity contribution in [3.05, 3.63) is 0 Å². The summed E-state index contributed by atoms with van der Waals surface area (Å²) in [6.07, 6.45) is 3.38. The zero-order valence-electron chi connectivity index (χ0n) is 11.8. The van der Waals surface area contributed by atoms with Gasteiger partial charge < -0.3 is 9.47 Å². The normalized spacial score (nSPS) is 39.5. The molecule has 5 heteroatoms. The molecule has 0 aromatic rings. The van der Waals surface area contributed by atoms with Crippen molar-refractivity contribution in [1.29, 1.82) is 0 Å². The van der Waals surface area contributed by atoms with Gasteiger partial charge in [-0.2, -0.15) is 0 Å². The van der Waals surface area contributed by atoms with Crippen LogP contribution in [-0.4, -0.2) is 28.8 Å². The van der Waals surface area contributed by atoms with Crippen LogP contribution in [0.2, 0.25) is 0 Å². The van der Waals surface area contributed by atoms with Gasteiger partial charge in [0, 0.05) is 5.75 Å². The maximum atomic E-state index is 12.1. The number of rotatable bonds is 3. The lowest BCUT2D eigenvalue weighted by atomic mass is 9.75. The van der Waals surface area contributed by atoms with E-state index in [4.69, 9.17) is 21.1 Å². The first kappa shape index (κ1) is 15.5. The topological polar surface area (TPSA) is 35.5 Å². The van der Waals surface area contributed by atoms with Gasteiger partial charge in [0.05, 0.1) is 0 Å². The van der Waals surface area contributed by atoms with Gasteiger partial charge in [0.1, 0.15) is 11.7 Å². The number of alkyl halides is 1. The summed E-state index contributed by atoms with van der Waals surface area (Å²) in [4.78, 5) is 12.1. The van der Waals surface area contributed by atoms with Gasteiger partial charge in [-0.15, -0.1) is 11.8 Å². The Bertz CT molecular complexity index is 324. The zero-order valence-corrected chi connectivity index (χ0v) is 13.4. The van der Waals surface area contributed by atoms with Crippen molar-refractivity contribution in [1.82, 2.24) is 0 Å². The van der Waals surface area contributed by atoms with E-state index >= 15 is 0 Å². The fourth-order valence-corrected chi connectivity index (χ4v) is 4.15. The van der Waals surface area contributed by atoms with E-state index in [0.29, 0.717) is 23.5 Å². The van der Waals surface area contributed by atoms with Crippen LogP contribution in [0.15, 0.2) is 0 Å². The number of halogens is 1. The molecule has 1 heterocycles. The van der Waals surface area contributed by atoms with Crippen LogP contribution >= 0.6 is 23.4 Å². The second kappa shape index (κ2) is 6.68. The van der Waals surface area contributed by atoms with Crippen LogP contribution < -0.4 is 0 Å². The quantitative estimate of drug-likeness (QED) is 0.589. The van der Waals surface area contributed by atoms with Gasteiger partial charge in [0.25, 0.3) is 0 Å². The molecule has 0 unspecified atom stereocenters. The first-order valence-corrected chi connectivity index (χ1v) is 8.57. The summed E-state index contributed by atoms with van der Waals surface area (Å²) in [5.41, 5.74) is -0.902. The van der Waals surface area contributed by atoms with Crippen LogP contribution in [0.5, 0.6) is 0 Å². The fourth-order valence-electron chi connectivity index (χ4n) is 2.95. The molecule has 3 nitrogen and oxygen atoms in total. The van der Waals surface area contributed by atoms with E-state index in [1.165, 1.54) is 18.2 Å². The molecule has 5 atom stereocenters. The predicted molar refractivity (Wildman–Crippen MR) is 78.2 cm³/mol. The smallest absolute Gasteiger partial charge is 0.346 e. The van der Waals surface area contributed by atoms with Gasteiger partial charge in [0.15, 0.2) is 0 Å². The number of carbonyl (C=O) groups excluding carboxylic acids is 1. The number of carbonyl (C=O) groups is 1. The third-order valence-corrected chi connectivity index (χ3v) is 5.61. The highest BCUT2D eigenvalue weighted by Gasteiger charge is 2.37. The van der Waals surface area contributed by atoms with Gasteiger partial charge in [-0.1, -0.05) is 38.8 Å². The minimum atomic E-state index is -0.535. The summed E-state index contributed by atoms with van der Waals surface area (Å²) in [6.45, 7) is 6.64. The second-order valence-electron chi connectivity index (χ2n) is 6.01. The number of thioether (sulfide) groups is 1. The molecule has 19 heavy (non-hydrogen) atoms. The van der Waals surface area contributed by atoms with Crippen molar-refractivity contribution in [2.45, 2.75) is 57.1 Å². The SMILES string of the molecule is CC(C)[C@@H]1CC[C@@H](C)C[C@H]1OC(=O)[C@H]1O[C@H](Cl)CS1. The van der Waals surface area contributed by atoms with E-state index in [9.17, 15) is 4.79 Å². The Hall–Kier alpha value is 0.0700. The Kier molecular flexibility index (Phi) is 5.44. The largest absolute Gasteiger partial charge is 0.459 e. The fraction of sp³-hybridized carbons (Fsp3) is 0.929. The van der Waals surface area contributed by atoms with Crippen molar-refractivity contribution in [3.63, 3.8) is 0 Å². The minimum absolute atomic E-state index is 0.0369. The molecule has 2 fully saturated rings. The molecule has 0 amide bonds. The molecule has 2 aliphatic rings. The molecule has 1 saturated carbocycles. The lowest BCUT2D eigenvalue weighted by Gasteiger charge is -2.37. The van der Waals surface area contributed by atoms with E-state index in [-0.39, 0.29) is 17.6 Å². The number of ether oxygens (including phenoxy) is 2. The number of esters is 1. The average Bonchev–Trinajstić information content (AvgIpc) is 2.75. The Morgan fingerprint density at radius 1 is 1.42 bits per heavy atom. The molecule has 1 saturated heterocycles. The Labute approximate surface area is 124 Å². The van der Waals surface area contributed by atoms with Crippen molar-refractivity contribution >= 4 is 29.3 Å². The molecule has 0 bridgehead atoms. The van der Waals surface area contributed by atoms with E-state index in [2.05, 4.69) is 20.8 Å². The minimum Gasteiger partial charge on any atom is -0.459 e. The van der Waals surface area contributed by atoms with Gasteiger partial charge in [-0.25, -0.2) is 4.79 Å². The van der Waals surface area contributed by atoms with E-state index in [1.54, 1.807) is 0 Å². The second-order valence-corrected chi connectivity index (χ2v) is 7.59. The molecular formula is C14H23ClO3S. The van der Waals surface area contributed by atoms with Gasteiger partial charge in [-0.3, -0.25) is 0 Å². The summed E-state index contributed by atoms with van der Waals surface area (Å²) in [5.74, 6) is 2.04. The number of hydrogen-bond donors (Lipinski definition) is 0. The molecular weight excluding hydrogens is 284 g/mol. The molecule has 2 rings (SSSR count). The maximum absolute atomic E-state index is 12.1. The first-order valence-electron chi connectivity index (χ1n) is 7.09. The van der Waals surface area contributed by atoms with Crippen molar-refractivity contribution in [2.75, 3.05) is 5.75 Å².